The lowest BCUT2D eigenvalue weighted by Gasteiger charge is -2.08. The van der Waals surface area contributed by atoms with Gasteiger partial charge in [0.15, 0.2) is 5.78 Å². The smallest absolute Gasteiger partial charge is 0.336 e. The Bertz CT molecular complexity index is 812. The summed E-state index contributed by atoms with van der Waals surface area (Å²) in [5, 5.41) is 9.25. The SMILES string of the molecule is CC(=O)c1ccc2c(c1)Cc1c(C(=O)O)cc(F)c(Br)c1-2. The Balaban J connectivity index is 2.29. The summed E-state index contributed by atoms with van der Waals surface area (Å²) in [5.41, 5.74) is 3.28. The predicted octanol–water partition coefficient (Wildman–Crippen LogP) is 4.06. The van der Waals surface area contributed by atoms with Crippen molar-refractivity contribution in [3.63, 3.8) is 0 Å². The van der Waals surface area contributed by atoms with Crippen molar-refractivity contribution in [1.29, 1.82) is 0 Å². The van der Waals surface area contributed by atoms with Crippen molar-refractivity contribution in [2.24, 2.45) is 0 Å². The fourth-order valence-electron chi connectivity index (χ4n) is 2.71. The largest absolute Gasteiger partial charge is 0.478 e. The lowest BCUT2D eigenvalue weighted by atomic mass is 10.0. The van der Waals surface area contributed by atoms with E-state index >= 15 is 0 Å². The van der Waals surface area contributed by atoms with Gasteiger partial charge in [-0.25, -0.2) is 9.18 Å². The van der Waals surface area contributed by atoms with Crippen molar-refractivity contribution in [1.82, 2.24) is 0 Å². The van der Waals surface area contributed by atoms with Crippen LogP contribution in [0.2, 0.25) is 0 Å². The number of ketones is 1. The highest BCUT2D eigenvalue weighted by Gasteiger charge is 2.28. The van der Waals surface area contributed by atoms with E-state index in [4.69, 9.17) is 0 Å². The zero-order valence-corrected chi connectivity index (χ0v) is 12.6. The van der Waals surface area contributed by atoms with Crippen LogP contribution >= 0.6 is 15.9 Å². The van der Waals surface area contributed by atoms with Crippen LogP contribution in [0.1, 0.15) is 38.8 Å². The first-order chi connectivity index (χ1) is 9.90. The Morgan fingerprint density at radius 1 is 1.29 bits per heavy atom. The van der Waals surface area contributed by atoms with Crippen LogP contribution in [0.5, 0.6) is 0 Å². The van der Waals surface area contributed by atoms with Gasteiger partial charge in [0.25, 0.3) is 0 Å². The number of carbonyl (C=O) groups is 2. The van der Waals surface area contributed by atoms with Gasteiger partial charge in [-0.3, -0.25) is 4.79 Å². The molecule has 0 heterocycles. The van der Waals surface area contributed by atoms with Gasteiger partial charge >= 0.3 is 5.97 Å². The lowest BCUT2D eigenvalue weighted by Crippen LogP contribution is -2.03. The van der Waals surface area contributed by atoms with Gasteiger partial charge in [-0.15, -0.1) is 0 Å². The zero-order chi connectivity index (χ0) is 15.3. The van der Waals surface area contributed by atoms with Gasteiger partial charge in [0.05, 0.1) is 10.0 Å². The standard InChI is InChI=1S/C16H10BrFO3/c1-7(19)8-2-3-10-9(4-8)5-11-12(16(20)21)6-13(18)15(17)14(10)11/h2-4,6H,5H2,1H3,(H,20,21). The predicted molar refractivity (Wildman–Crippen MR) is 79.3 cm³/mol. The summed E-state index contributed by atoms with van der Waals surface area (Å²) in [6, 6.07) is 6.19. The number of carbonyl (C=O) groups excluding carboxylic acids is 1. The molecule has 106 valence electrons. The molecule has 3 nitrogen and oxygen atoms in total. The number of carboxylic acid groups (broad SMARTS) is 1. The van der Waals surface area contributed by atoms with Crippen LogP contribution in [0.25, 0.3) is 11.1 Å². The van der Waals surface area contributed by atoms with E-state index < -0.39 is 11.8 Å². The number of hydrogen-bond acceptors (Lipinski definition) is 2. The Morgan fingerprint density at radius 3 is 2.62 bits per heavy atom. The van der Waals surface area contributed by atoms with Crippen LogP contribution in [-0.4, -0.2) is 16.9 Å². The van der Waals surface area contributed by atoms with Crippen molar-refractivity contribution < 1.29 is 19.1 Å². The highest BCUT2D eigenvalue weighted by molar-refractivity contribution is 9.10. The summed E-state index contributed by atoms with van der Waals surface area (Å²) < 4.78 is 14.2. The van der Waals surface area contributed by atoms with Gasteiger partial charge in [-0.05, 0) is 58.1 Å². The number of benzene rings is 2. The molecule has 0 fully saturated rings. The van der Waals surface area contributed by atoms with E-state index in [2.05, 4.69) is 15.9 Å². The summed E-state index contributed by atoms with van der Waals surface area (Å²) in [7, 11) is 0. The van der Waals surface area contributed by atoms with E-state index in [0.29, 0.717) is 23.1 Å². The maximum absolute atomic E-state index is 13.9. The monoisotopic (exact) mass is 348 g/mol. The molecular weight excluding hydrogens is 339 g/mol. The Labute approximate surface area is 128 Å². The number of rotatable bonds is 2. The summed E-state index contributed by atoms with van der Waals surface area (Å²) in [4.78, 5) is 22.8. The van der Waals surface area contributed by atoms with Crippen molar-refractivity contribution in [2.45, 2.75) is 13.3 Å². The van der Waals surface area contributed by atoms with Crippen LogP contribution in [0.3, 0.4) is 0 Å². The third-order valence-corrected chi connectivity index (χ3v) is 4.48. The van der Waals surface area contributed by atoms with Crippen molar-refractivity contribution in [3.05, 3.63) is 56.8 Å². The maximum Gasteiger partial charge on any atom is 0.336 e. The summed E-state index contributed by atoms with van der Waals surface area (Å²) in [6.07, 6.45) is 0.381. The van der Waals surface area contributed by atoms with E-state index in [1.165, 1.54) is 6.92 Å². The second-order valence-corrected chi connectivity index (χ2v) is 5.78. The van der Waals surface area contributed by atoms with Crippen molar-refractivity contribution in [2.75, 3.05) is 0 Å². The Kier molecular flexibility index (Phi) is 3.17. The van der Waals surface area contributed by atoms with E-state index in [1.54, 1.807) is 18.2 Å². The quantitative estimate of drug-likeness (QED) is 0.710. The molecule has 0 radical (unpaired) electrons. The molecule has 1 N–H and O–H groups in total. The molecule has 1 aliphatic rings. The van der Waals surface area contributed by atoms with Crippen LogP contribution < -0.4 is 0 Å². The van der Waals surface area contributed by atoms with Crippen molar-refractivity contribution >= 4 is 27.7 Å². The second kappa shape index (κ2) is 4.77. The molecule has 0 saturated heterocycles. The minimum absolute atomic E-state index is 0.0359. The van der Waals surface area contributed by atoms with Gasteiger partial charge in [0.2, 0.25) is 0 Å². The summed E-state index contributed by atoms with van der Waals surface area (Å²) in [5.74, 6) is -1.82. The molecule has 0 unspecified atom stereocenters. The molecule has 0 saturated carbocycles. The topological polar surface area (TPSA) is 54.4 Å². The maximum atomic E-state index is 13.9. The van der Waals surface area contributed by atoms with E-state index in [9.17, 15) is 19.1 Å². The fourth-order valence-corrected chi connectivity index (χ4v) is 3.28. The highest BCUT2D eigenvalue weighted by Crippen LogP contribution is 2.44. The number of Topliss-reactive ketones (excluding diaryl/α,β-unsaturated/α-hetero) is 1. The van der Waals surface area contributed by atoms with Gasteiger partial charge in [-0.2, -0.15) is 0 Å². The zero-order valence-electron chi connectivity index (χ0n) is 11.0. The lowest BCUT2D eigenvalue weighted by molar-refractivity contribution is 0.0695. The number of fused-ring (bicyclic) bond motifs is 3. The molecule has 0 atom stereocenters. The molecule has 0 amide bonds. The average molecular weight is 349 g/mol. The fraction of sp³-hybridized carbons (Fsp3) is 0.125. The normalized spacial score (nSPS) is 12.0. The van der Waals surface area contributed by atoms with Gasteiger partial charge in [0, 0.05) is 11.1 Å². The highest BCUT2D eigenvalue weighted by atomic mass is 79.9. The van der Waals surface area contributed by atoms with E-state index in [0.717, 1.165) is 17.2 Å². The Morgan fingerprint density at radius 2 is 2.00 bits per heavy atom. The molecular formula is C16H10BrFO3. The number of halogens is 2. The van der Waals surface area contributed by atoms with Gasteiger partial charge in [-0.1, -0.05) is 12.1 Å². The molecule has 1 aliphatic carbocycles. The second-order valence-electron chi connectivity index (χ2n) is 4.98. The van der Waals surface area contributed by atoms with Gasteiger partial charge in [0.1, 0.15) is 5.82 Å². The first kappa shape index (κ1) is 13.9. The molecule has 3 rings (SSSR count). The molecule has 2 aromatic carbocycles. The number of hydrogen-bond donors (Lipinski definition) is 1. The van der Waals surface area contributed by atoms with E-state index in [-0.39, 0.29) is 15.8 Å². The third kappa shape index (κ3) is 2.08. The molecule has 5 heteroatoms. The Hall–Kier alpha value is -2.01. The summed E-state index contributed by atoms with van der Waals surface area (Å²) in [6.45, 7) is 1.47. The van der Waals surface area contributed by atoms with Crippen LogP contribution in [0.15, 0.2) is 28.7 Å². The number of carboxylic acids is 1. The summed E-state index contributed by atoms with van der Waals surface area (Å²) >= 11 is 3.20. The van der Waals surface area contributed by atoms with Crippen molar-refractivity contribution in [3.8, 4) is 11.1 Å². The van der Waals surface area contributed by atoms with Crippen LogP contribution in [-0.2, 0) is 6.42 Å². The van der Waals surface area contributed by atoms with E-state index in [1.807, 2.05) is 0 Å². The third-order valence-electron chi connectivity index (χ3n) is 3.71. The first-order valence-corrected chi connectivity index (χ1v) is 7.08. The molecule has 0 spiro atoms. The molecule has 0 bridgehead atoms. The molecule has 0 aliphatic heterocycles. The number of aromatic carboxylic acids is 1. The molecule has 21 heavy (non-hydrogen) atoms. The van der Waals surface area contributed by atoms with Crippen LogP contribution in [0, 0.1) is 5.82 Å². The minimum atomic E-state index is -1.16. The minimum Gasteiger partial charge on any atom is -0.478 e. The molecule has 2 aromatic rings. The van der Waals surface area contributed by atoms with Crippen LogP contribution in [0.4, 0.5) is 4.39 Å². The average Bonchev–Trinajstić information content (AvgIpc) is 2.80. The first-order valence-electron chi connectivity index (χ1n) is 6.28. The van der Waals surface area contributed by atoms with Gasteiger partial charge < -0.3 is 5.11 Å². The molecule has 0 aromatic heterocycles.